The largest absolute Gasteiger partial charge is 0.463 e. The molecule has 0 aromatic carbocycles. The zero-order chi connectivity index (χ0) is 21.2. The highest BCUT2D eigenvalue weighted by Crippen LogP contribution is 2.42. The molecule has 2 heterocycles. The lowest BCUT2D eigenvalue weighted by atomic mass is 9.95. The minimum Gasteiger partial charge on any atom is -0.463 e. The van der Waals surface area contributed by atoms with Crippen molar-refractivity contribution in [2.75, 3.05) is 6.61 Å². The van der Waals surface area contributed by atoms with Gasteiger partial charge in [-0.05, 0) is 26.3 Å². The van der Waals surface area contributed by atoms with Crippen LogP contribution in [0.1, 0.15) is 39.5 Å². The number of alkyl halides is 1. The summed E-state index contributed by atoms with van der Waals surface area (Å²) in [6.07, 6.45) is -2.38. The third-order valence-electron chi connectivity index (χ3n) is 4.33. The molecule has 1 fully saturated rings. The Balaban J connectivity index is 2.48. The summed E-state index contributed by atoms with van der Waals surface area (Å²) < 4.78 is 27.4. The van der Waals surface area contributed by atoms with Gasteiger partial charge in [0.1, 0.15) is 18.8 Å². The standard InChI is InChI=1S/C19H25FN2O6/c1-10(2)6-7-19(20)14(23)13(9-27-16(25)11(3)4)28-17(19)22-8-12(5)15(24)21-18(22)26/h7-8,11,13-14,17,23H,9H2,1-5H3,(H,21,24,26)/t13-,14-,17-,19-/m1/s1. The fraction of sp³-hybridized carbons (Fsp3) is 0.579. The number of esters is 1. The van der Waals surface area contributed by atoms with Crippen LogP contribution in [-0.2, 0) is 14.3 Å². The van der Waals surface area contributed by atoms with Gasteiger partial charge in [0.2, 0.25) is 5.67 Å². The number of carbonyl (C=O) groups is 1. The first-order valence-electron chi connectivity index (χ1n) is 8.89. The summed E-state index contributed by atoms with van der Waals surface area (Å²) in [6, 6.07) is 0. The molecule has 4 atom stereocenters. The van der Waals surface area contributed by atoms with E-state index >= 15 is 4.39 Å². The lowest BCUT2D eigenvalue weighted by molar-refractivity contribution is -0.153. The maximum Gasteiger partial charge on any atom is 0.330 e. The Morgan fingerprint density at radius 2 is 2.14 bits per heavy atom. The molecule has 1 aliphatic heterocycles. The Hall–Kier alpha value is -2.48. The molecule has 1 aromatic rings. The average Bonchev–Trinajstić information content (AvgIpc) is 2.86. The second-order valence-electron chi connectivity index (χ2n) is 7.35. The number of halogens is 1. The fourth-order valence-corrected chi connectivity index (χ4v) is 2.69. The van der Waals surface area contributed by atoms with Crippen molar-refractivity contribution >= 4 is 5.97 Å². The van der Waals surface area contributed by atoms with Gasteiger partial charge in [0.25, 0.3) is 5.56 Å². The number of ether oxygens (including phenoxy) is 2. The molecule has 0 spiro atoms. The summed E-state index contributed by atoms with van der Waals surface area (Å²) in [7, 11) is 0. The molecular formula is C19H25FN2O6. The van der Waals surface area contributed by atoms with Crippen LogP contribution in [0.25, 0.3) is 0 Å². The molecule has 1 saturated heterocycles. The quantitative estimate of drug-likeness (QED) is 0.570. The van der Waals surface area contributed by atoms with Gasteiger partial charge in [-0.2, -0.15) is 0 Å². The topological polar surface area (TPSA) is 111 Å². The molecule has 0 bridgehead atoms. The van der Waals surface area contributed by atoms with Crippen molar-refractivity contribution in [2.24, 2.45) is 5.92 Å². The molecule has 0 aliphatic carbocycles. The monoisotopic (exact) mass is 396 g/mol. The Kier molecular flexibility index (Phi) is 6.44. The molecule has 1 aliphatic rings. The minimum atomic E-state index is -2.54. The van der Waals surface area contributed by atoms with Gasteiger partial charge in [-0.3, -0.25) is 19.1 Å². The van der Waals surface area contributed by atoms with Crippen LogP contribution in [-0.4, -0.2) is 45.1 Å². The van der Waals surface area contributed by atoms with Crippen LogP contribution >= 0.6 is 0 Å². The van der Waals surface area contributed by atoms with E-state index in [4.69, 9.17) is 9.47 Å². The van der Waals surface area contributed by atoms with E-state index < -0.39 is 47.2 Å². The van der Waals surface area contributed by atoms with Crippen molar-refractivity contribution in [1.82, 2.24) is 9.55 Å². The van der Waals surface area contributed by atoms with Gasteiger partial charge >= 0.3 is 11.7 Å². The molecule has 0 unspecified atom stereocenters. The van der Waals surface area contributed by atoms with Crippen molar-refractivity contribution < 1.29 is 23.8 Å². The summed E-state index contributed by atoms with van der Waals surface area (Å²) in [5.41, 5.74) is -0.537. The number of aliphatic hydroxyl groups is 1. The lowest BCUT2D eigenvalue weighted by Crippen LogP contribution is -2.45. The molecule has 28 heavy (non-hydrogen) atoms. The number of hydrogen-bond acceptors (Lipinski definition) is 6. The second kappa shape index (κ2) is 8.26. The number of aliphatic hydroxyl groups excluding tert-OH is 1. The van der Waals surface area contributed by atoms with Gasteiger partial charge in [0, 0.05) is 17.8 Å². The number of H-pyrrole nitrogens is 1. The predicted octanol–water partition coefficient (Wildman–Crippen LogP) is 1.13. The summed E-state index contributed by atoms with van der Waals surface area (Å²) in [5.74, 6) is -0.930. The average molecular weight is 396 g/mol. The summed E-state index contributed by atoms with van der Waals surface area (Å²) in [4.78, 5) is 37.6. The van der Waals surface area contributed by atoms with E-state index in [1.807, 2.05) is 0 Å². The molecule has 8 nitrogen and oxygen atoms in total. The molecule has 2 rings (SSSR count). The van der Waals surface area contributed by atoms with Gasteiger partial charge in [-0.25, -0.2) is 9.18 Å². The molecule has 9 heteroatoms. The van der Waals surface area contributed by atoms with Crippen LogP contribution in [0.4, 0.5) is 4.39 Å². The van der Waals surface area contributed by atoms with Crippen LogP contribution in [0.2, 0.25) is 0 Å². The van der Waals surface area contributed by atoms with Crippen molar-refractivity contribution in [3.05, 3.63) is 50.0 Å². The Morgan fingerprint density at radius 3 is 2.71 bits per heavy atom. The maximum atomic E-state index is 15.9. The molecule has 0 amide bonds. The first kappa shape index (κ1) is 21.8. The lowest BCUT2D eigenvalue weighted by Gasteiger charge is -2.25. The van der Waals surface area contributed by atoms with Crippen molar-refractivity contribution in [1.29, 1.82) is 0 Å². The molecule has 1 aromatic heterocycles. The first-order valence-corrected chi connectivity index (χ1v) is 8.89. The normalized spacial score (nSPS) is 26.8. The minimum absolute atomic E-state index is 0.168. The van der Waals surface area contributed by atoms with E-state index in [1.165, 1.54) is 6.92 Å². The number of rotatable bonds is 5. The Labute approximate surface area is 161 Å². The van der Waals surface area contributed by atoms with Gasteiger partial charge in [-0.15, -0.1) is 5.73 Å². The van der Waals surface area contributed by atoms with Crippen LogP contribution in [0, 0.1) is 12.8 Å². The number of hydrogen-bond donors (Lipinski definition) is 2. The Morgan fingerprint density at radius 1 is 1.50 bits per heavy atom. The second-order valence-corrected chi connectivity index (χ2v) is 7.35. The summed E-state index contributed by atoms with van der Waals surface area (Å²) >= 11 is 0. The highest BCUT2D eigenvalue weighted by Gasteiger charge is 2.57. The highest BCUT2D eigenvalue weighted by atomic mass is 19.1. The number of aromatic nitrogens is 2. The van der Waals surface area contributed by atoms with Crippen LogP contribution < -0.4 is 11.2 Å². The number of aryl methyl sites for hydroxylation is 1. The zero-order valence-corrected chi connectivity index (χ0v) is 16.5. The number of aromatic amines is 1. The van der Waals surface area contributed by atoms with Crippen LogP contribution in [0.15, 0.2) is 33.2 Å². The fourth-order valence-electron chi connectivity index (χ4n) is 2.69. The number of carbonyl (C=O) groups excluding carboxylic acids is 1. The number of nitrogens with zero attached hydrogens (tertiary/aromatic N) is 1. The molecule has 2 N–H and O–H groups in total. The molecule has 154 valence electrons. The summed E-state index contributed by atoms with van der Waals surface area (Å²) in [5, 5.41) is 10.6. The summed E-state index contributed by atoms with van der Waals surface area (Å²) in [6.45, 7) is 7.71. The third-order valence-corrected chi connectivity index (χ3v) is 4.33. The van der Waals surface area contributed by atoms with E-state index in [9.17, 15) is 19.5 Å². The van der Waals surface area contributed by atoms with Gasteiger partial charge in [0.15, 0.2) is 6.23 Å². The van der Waals surface area contributed by atoms with Gasteiger partial charge < -0.3 is 14.6 Å². The van der Waals surface area contributed by atoms with Gasteiger partial charge in [-0.1, -0.05) is 13.8 Å². The van der Waals surface area contributed by atoms with Crippen LogP contribution in [0.3, 0.4) is 0 Å². The van der Waals surface area contributed by atoms with E-state index in [2.05, 4.69) is 10.7 Å². The number of nitrogens with one attached hydrogen (secondary N) is 1. The first-order chi connectivity index (χ1) is 13.0. The van der Waals surface area contributed by atoms with E-state index in [-0.39, 0.29) is 12.2 Å². The molecule has 0 saturated carbocycles. The van der Waals surface area contributed by atoms with E-state index in [0.29, 0.717) is 5.57 Å². The predicted molar refractivity (Wildman–Crippen MR) is 98.6 cm³/mol. The van der Waals surface area contributed by atoms with Gasteiger partial charge in [0.05, 0.1) is 5.92 Å². The van der Waals surface area contributed by atoms with E-state index in [0.717, 1.165) is 16.8 Å². The molecule has 0 radical (unpaired) electrons. The zero-order valence-electron chi connectivity index (χ0n) is 16.5. The SMILES string of the molecule is CC(C)=C=C[C@@]1(F)[C@H](O)[C@@H](COC(=O)C(C)C)O[C@H]1n1cc(C)c(=O)[nH]c1=O. The van der Waals surface area contributed by atoms with Crippen molar-refractivity contribution in [3.8, 4) is 0 Å². The maximum absolute atomic E-state index is 15.9. The van der Waals surface area contributed by atoms with Crippen molar-refractivity contribution in [3.63, 3.8) is 0 Å². The van der Waals surface area contributed by atoms with Crippen molar-refractivity contribution in [2.45, 2.75) is 58.7 Å². The molecular weight excluding hydrogens is 371 g/mol. The van der Waals surface area contributed by atoms with Crippen LogP contribution in [0.5, 0.6) is 0 Å². The van der Waals surface area contributed by atoms with E-state index in [1.54, 1.807) is 27.7 Å². The Bertz CT molecular complexity index is 923. The smallest absolute Gasteiger partial charge is 0.330 e. The third kappa shape index (κ3) is 4.32. The highest BCUT2D eigenvalue weighted by molar-refractivity contribution is 5.71.